The largest absolute Gasteiger partial charge is 0.330 e. The van der Waals surface area contributed by atoms with Crippen LogP contribution in [-0.2, 0) is 6.42 Å². The van der Waals surface area contributed by atoms with Crippen LogP contribution in [0.4, 0.5) is 0 Å². The lowest BCUT2D eigenvalue weighted by Gasteiger charge is -2.03. The van der Waals surface area contributed by atoms with Gasteiger partial charge in [0.2, 0.25) is 0 Å². The zero-order chi connectivity index (χ0) is 13.2. The van der Waals surface area contributed by atoms with Crippen LogP contribution in [0.3, 0.4) is 0 Å². The number of nitrogens with zero attached hydrogens (tertiary/aromatic N) is 4. The number of fused-ring (bicyclic) bond motifs is 1. The molecule has 0 aliphatic carbocycles. The maximum atomic E-state index is 5.88. The number of hydrogen-bond acceptors (Lipinski definition) is 4. The molecule has 2 N–H and O–H groups in total. The number of benzene rings is 1. The van der Waals surface area contributed by atoms with Gasteiger partial charge in [0.05, 0.1) is 5.69 Å². The third kappa shape index (κ3) is 2.30. The van der Waals surface area contributed by atoms with Crippen molar-refractivity contribution in [3.8, 4) is 11.3 Å². The zero-order valence-electron chi connectivity index (χ0n) is 10.1. The van der Waals surface area contributed by atoms with Crippen LogP contribution in [-0.4, -0.2) is 26.4 Å². The lowest BCUT2D eigenvalue weighted by atomic mass is 10.1. The Morgan fingerprint density at radius 1 is 1.05 bits per heavy atom. The molecule has 0 aliphatic rings. The molecule has 0 bridgehead atoms. The third-order valence-corrected chi connectivity index (χ3v) is 3.09. The van der Waals surface area contributed by atoms with Gasteiger partial charge in [-0.2, -0.15) is 9.61 Å². The Hall–Kier alpha value is -1.98. The van der Waals surface area contributed by atoms with E-state index in [-0.39, 0.29) is 0 Å². The van der Waals surface area contributed by atoms with Crippen LogP contribution in [0.2, 0.25) is 5.02 Å². The van der Waals surface area contributed by atoms with E-state index in [9.17, 15) is 0 Å². The Morgan fingerprint density at radius 2 is 1.84 bits per heavy atom. The van der Waals surface area contributed by atoms with Crippen molar-refractivity contribution >= 4 is 17.2 Å². The van der Waals surface area contributed by atoms with E-state index < -0.39 is 0 Å². The van der Waals surface area contributed by atoms with Gasteiger partial charge in [0.25, 0.3) is 0 Å². The van der Waals surface area contributed by atoms with E-state index in [1.165, 1.54) is 0 Å². The Kier molecular flexibility index (Phi) is 3.15. The van der Waals surface area contributed by atoms with Crippen molar-refractivity contribution in [2.45, 2.75) is 6.42 Å². The fourth-order valence-electron chi connectivity index (χ4n) is 1.89. The standard InChI is InChI=1S/C13H12ClN5/c14-10-3-1-9(2-4-10)11-5-6-12-16-17-13(7-8-15)19(12)18-11/h1-6H,7-8,15H2. The summed E-state index contributed by atoms with van der Waals surface area (Å²) in [6.45, 7) is 0.521. The molecule has 0 unspecified atom stereocenters. The maximum Gasteiger partial charge on any atom is 0.177 e. The van der Waals surface area contributed by atoms with Crippen molar-refractivity contribution in [2.24, 2.45) is 5.73 Å². The van der Waals surface area contributed by atoms with Crippen LogP contribution < -0.4 is 5.73 Å². The first-order valence-electron chi connectivity index (χ1n) is 5.95. The maximum absolute atomic E-state index is 5.88. The normalized spacial score (nSPS) is 11.1. The quantitative estimate of drug-likeness (QED) is 0.792. The van der Waals surface area contributed by atoms with Gasteiger partial charge in [0.15, 0.2) is 11.5 Å². The van der Waals surface area contributed by atoms with Gasteiger partial charge in [-0.3, -0.25) is 0 Å². The van der Waals surface area contributed by atoms with E-state index in [0.29, 0.717) is 18.0 Å². The second kappa shape index (κ2) is 4.95. The van der Waals surface area contributed by atoms with Crippen LogP contribution in [0.25, 0.3) is 16.9 Å². The van der Waals surface area contributed by atoms with Crippen LogP contribution in [0.5, 0.6) is 0 Å². The van der Waals surface area contributed by atoms with Crippen molar-refractivity contribution in [1.29, 1.82) is 0 Å². The van der Waals surface area contributed by atoms with Crippen molar-refractivity contribution in [2.75, 3.05) is 6.54 Å². The number of nitrogens with two attached hydrogens (primary N) is 1. The van der Waals surface area contributed by atoms with Gasteiger partial charge in [0, 0.05) is 17.0 Å². The first-order chi connectivity index (χ1) is 9.28. The van der Waals surface area contributed by atoms with Crippen LogP contribution in [0.1, 0.15) is 5.82 Å². The van der Waals surface area contributed by atoms with Gasteiger partial charge >= 0.3 is 0 Å². The minimum atomic E-state index is 0.521. The lowest BCUT2D eigenvalue weighted by molar-refractivity contribution is 0.793. The van der Waals surface area contributed by atoms with Gasteiger partial charge in [-0.1, -0.05) is 23.7 Å². The highest BCUT2D eigenvalue weighted by atomic mass is 35.5. The highest BCUT2D eigenvalue weighted by molar-refractivity contribution is 6.30. The summed E-state index contributed by atoms with van der Waals surface area (Å²) in [7, 11) is 0. The Morgan fingerprint density at radius 3 is 2.58 bits per heavy atom. The molecular weight excluding hydrogens is 262 g/mol. The molecule has 0 saturated carbocycles. The smallest absolute Gasteiger partial charge is 0.177 e. The molecule has 0 fully saturated rings. The lowest BCUT2D eigenvalue weighted by Crippen LogP contribution is -2.08. The van der Waals surface area contributed by atoms with E-state index in [1.54, 1.807) is 4.52 Å². The Labute approximate surface area is 115 Å². The molecule has 2 heterocycles. The van der Waals surface area contributed by atoms with Gasteiger partial charge in [0.1, 0.15) is 0 Å². The van der Waals surface area contributed by atoms with Crippen molar-refractivity contribution in [3.63, 3.8) is 0 Å². The zero-order valence-corrected chi connectivity index (χ0v) is 10.9. The first-order valence-corrected chi connectivity index (χ1v) is 6.33. The number of hydrogen-bond donors (Lipinski definition) is 1. The van der Waals surface area contributed by atoms with Crippen molar-refractivity contribution in [1.82, 2.24) is 19.8 Å². The molecule has 5 nitrogen and oxygen atoms in total. The average molecular weight is 274 g/mol. The summed E-state index contributed by atoms with van der Waals surface area (Å²) in [4.78, 5) is 0. The van der Waals surface area contributed by atoms with Gasteiger partial charge < -0.3 is 5.73 Å². The fourth-order valence-corrected chi connectivity index (χ4v) is 2.02. The summed E-state index contributed by atoms with van der Waals surface area (Å²) in [5.41, 5.74) is 8.12. The minimum absolute atomic E-state index is 0.521. The minimum Gasteiger partial charge on any atom is -0.330 e. The summed E-state index contributed by atoms with van der Waals surface area (Å²) in [6, 6.07) is 11.4. The second-order valence-corrected chi connectivity index (χ2v) is 4.59. The monoisotopic (exact) mass is 273 g/mol. The van der Waals surface area contributed by atoms with Crippen LogP contribution in [0.15, 0.2) is 36.4 Å². The Bertz CT molecular complexity index is 705. The summed E-state index contributed by atoms with van der Waals surface area (Å²) in [5.74, 6) is 0.772. The fraction of sp³-hybridized carbons (Fsp3) is 0.154. The predicted molar refractivity (Wildman–Crippen MR) is 74.0 cm³/mol. The second-order valence-electron chi connectivity index (χ2n) is 4.15. The van der Waals surface area contributed by atoms with E-state index in [0.717, 1.165) is 22.7 Å². The Balaban J connectivity index is 2.09. The molecule has 0 spiro atoms. The number of halogens is 1. The molecule has 0 radical (unpaired) electrons. The molecule has 0 saturated heterocycles. The molecule has 2 aromatic heterocycles. The molecule has 1 aromatic carbocycles. The molecule has 19 heavy (non-hydrogen) atoms. The van der Waals surface area contributed by atoms with E-state index in [2.05, 4.69) is 15.3 Å². The highest BCUT2D eigenvalue weighted by Gasteiger charge is 2.07. The van der Waals surface area contributed by atoms with E-state index in [4.69, 9.17) is 17.3 Å². The van der Waals surface area contributed by atoms with Crippen molar-refractivity contribution < 1.29 is 0 Å². The van der Waals surface area contributed by atoms with Crippen LogP contribution in [0, 0.1) is 0 Å². The van der Waals surface area contributed by atoms with Gasteiger partial charge in [-0.05, 0) is 30.8 Å². The SMILES string of the molecule is NCCc1nnc2ccc(-c3ccc(Cl)cc3)nn12. The highest BCUT2D eigenvalue weighted by Crippen LogP contribution is 2.19. The average Bonchev–Trinajstić information content (AvgIpc) is 2.83. The van der Waals surface area contributed by atoms with E-state index >= 15 is 0 Å². The molecule has 3 aromatic rings. The first kappa shape index (κ1) is 12.1. The van der Waals surface area contributed by atoms with E-state index in [1.807, 2.05) is 36.4 Å². The van der Waals surface area contributed by atoms with Crippen LogP contribution >= 0.6 is 11.6 Å². The molecule has 96 valence electrons. The van der Waals surface area contributed by atoms with Gasteiger partial charge in [-0.25, -0.2) is 0 Å². The summed E-state index contributed by atoms with van der Waals surface area (Å²) < 4.78 is 1.73. The number of rotatable bonds is 3. The molecule has 0 atom stereocenters. The molecule has 0 aliphatic heterocycles. The summed E-state index contributed by atoms with van der Waals surface area (Å²) >= 11 is 5.88. The molecular formula is C13H12ClN5. The molecule has 0 amide bonds. The topological polar surface area (TPSA) is 69.1 Å². The predicted octanol–water partition coefficient (Wildman–Crippen LogP) is 1.95. The summed E-state index contributed by atoms with van der Waals surface area (Å²) in [5, 5.41) is 13.4. The number of aromatic nitrogens is 4. The van der Waals surface area contributed by atoms with Crippen molar-refractivity contribution in [3.05, 3.63) is 47.2 Å². The molecule has 6 heteroatoms. The summed E-state index contributed by atoms with van der Waals surface area (Å²) in [6.07, 6.45) is 0.651. The molecule has 3 rings (SSSR count). The third-order valence-electron chi connectivity index (χ3n) is 2.84. The van der Waals surface area contributed by atoms with Gasteiger partial charge in [-0.15, -0.1) is 10.2 Å².